The smallest absolute Gasteiger partial charge is 0.266 e. The minimum Gasteiger partial charge on any atom is -0.383 e. The molecular formula is C11H17N3O2. The van der Waals surface area contributed by atoms with Crippen molar-refractivity contribution in [2.75, 3.05) is 25.1 Å². The Labute approximate surface area is 94.2 Å². The lowest BCUT2D eigenvalue weighted by Crippen LogP contribution is -2.11. The molecule has 0 atom stereocenters. The van der Waals surface area contributed by atoms with Gasteiger partial charge in [-0.25, -0.2) is 5.10 Å². The highest BCUT2D eigenvalue weighted by molar-refractivity contribution is 5.38. The first-order valence-corrected chi connectivity index (χ1v) is 5.71. The summed E-state index contributed by atoms with van der Waals surface area (Å²) in [5.41, 5.74) is 0.570. The predicted octanol–water partition coefficient (Wildman–Crippen LogP) is 0.998. The first-order chi connectivity index (χ1) is 7.84. The second-order valence-corrected chi connectivity index (χ2v) is 4.13. The van der Waals surface area contributed by atoms with Crippen LogP contribution in [0.3, 0.4) is 0 Å². The molecule has 0 spiro atoms. The molecule has 1 aliphatic carbocycles. The van der Waals surface area contributed by atoms with Gasteiger partial charge in [0.2, 0.25) is 0 Å². The quantitative estimate of drug-likeness (QED) is 0.677. The molecule has 1 aromatic rings. The molecule has 88 valence electrons. The third-order valence-corrected chi connectivity index (χ3v) is 2.51. The summed E-state index contributed by atoms with van der Waals surface area (Å²) in [6.45, 7) is 2.49. The number of nitrogens with one attached hydrogen (secondary N) is 2. The Bertz CT molecular complexity index is 373. The second-order valence-electron chi connectivity index (χ2n) is 4.13. The number of hydrogen-bond acceptors (Lipinski definition) is 4. The van der Waals surface area contributed by atoms with Crippen molar-refractivity contribution in [2.24, 2.45) is 5.92 Å². The van der Waals surface area contributed by atoms with Crippen LogP contribution in [-0.2, 0) is 4.74 Å². The highest BCUT2D eigenvalue weighted by atomic mass is 16.5. The van der Waals surface area contributed by atoms with Crippen molar-refractivity contribution in [3.63, 3.8) is 0 Å². The van der Waals surface area contributed by atoms with Crippen LogP contribution >= 0.6 is 0 Å². The maximum Gasteiger partial charge on any atom is 0.266 e. The van der Waals surface area contributed by atoms with Gasteiger partial charge in [-0.1, -0.05) is 0 Å². The van der Waals surface area contributed by atoms with E-state index in [4.69, 9.17) is 4.74 Å². The minimum atomic E-state index is -0.185. The van der Waals surface area contributed by atoms with Crippen LogP contribution < -0.4 is 10.9 Å². The van der Waals surface area contributed by atoms with E-state index in [1.807, 2.05) is 0 Å². The molecule has 0 amide bonds. The summed E-state index contributed by atoms with van der Waals surface area (Å²) in [6, 6.07) is 1.50. The molecule has 0 aromatic carbocycles. The maximum atomic E-state index is 10.9. The number of H-pyrrole nitrogens is 1. The Balaban J connectivity index is 1.55. The molecule has 16 heavy (non-hydrogen) atoms. The molecule has 1 heterocycles. The van der Waals surface area contributed by atoms with Gasteiger partial charge in [0, 0.05) is 25.8 Å². The summed E-state index contributed by atoms with van der Waals surface area (Å²) in [4.78, 5) is 10.9. The van der Waals surface area contributed by atoms with Crippen LogP contribution in [-0.4, -0.2) is 30.0 Å². The molecular weight excluding hydrogens is 206 g/mol. The van der Waals surface area contributed by atoms with Crippen molar-refractivity contribution in [1.82, 2.24) is 10.2 Å². The normalized spacial score (nSPS) is 15.0. The number of anilines is 1. The molecule has 0 bridgehead atoms. The number of hydrogen-bond donors (Lipinski definition) is 2. The van der Waals surface area contributed by atoms with Gasteiger partial charge in [-0.2, -0.15) is 5.10 Å². The Morgan fingerprint density at radius 1 is 1.56 bits per heavy atom. The molecule has 1 aliphatic rings. The van der Waals surface area contributed by atoms with Crippen molar-refractivity contribution in [3.05, 3.63) is 22.6 Å². The van der Waals surface area contributed by atoms with Gasteiger partial charge in [-0.3, -0.25) is 4.79 Å². The lowest BCUT2D eigenvalue weighted by molar-refractivity contribution is 0.124. The van der Waals surface area contributed by atoms with Crippen molar-refractivity contribution < 1.29 is 4.74 Å². The van der Waals surface area contributed by atoms with E-state index in [1.54, 1.807) is 6.20 Å². The molecule has 0 aliphatic heterocycles. The van der Waals surface area contributed by atoms with Gasteiger partial charge in [0.05, 0.1) is 11.9 Å². The van der Waals surface area contributed by atoms with Gasteiger partial charge < -0.3 is 10.1 Å². The second kappa shape index (κ2) is 5.65. The van der Waals surface area contributed by atoms with Gasteiger partial charge >= 0.3 is 0 Å². The number of rotatable bonds is 7. The zero-order chi connectivity index (χ0) is 11.2. The number of aromatic nitrogens is 2. The van der Waals surface area contributed by atoms with E-state index in [1.165, 1.54) is 18.9 Å². The van der Waals surface area contributed by atoms with Crippen LogP contribution in [0.15, 0.2) is 17.1 Å². The van der Waals surface area contributed by atoms with Crippen molar-refractivity contribution in [3.8, 4) is 0 Å². The fourth-order valence-corrected chi connectivity index (χ4v) is 1.41. The number of nitrogens with zero attached hydrogens (tertiary/aromatic N) is 1. The van der Waals surface area contributed by atoms with Gasteiger partial charge in [-0.05, 0) is 25.2 Å². The summed E-state index contributed by atoms with van der Waals surface area (Å²) in [5.74, 6) is 0.824. The molecule has 1 saturated carbocycles. The van der Waals surface area contributed by atoms with Crippen molar-refractivity contribution >= 4 is 5.69 Å². The molecule has 2 N–H and O–H groups in total. The maximum absolute atomic E-state index is 10.9. The average Bonchev–Trinajstić information content (AvgIpc) is 3.07. The summed E-state index contributed by atoms with van der Waals surface area (Å²) in [6.07, 6.45) is 5.21. The highest BCUT2D eigenvalue weighted by Gasteiger charge is 2.20. The van der Waals surface area contributed by atoms with Gasteiger partial charge in [0.25, 0.3) is 5.56 Å². The molecule has 1 fully saturated rings. The van der Waals surface area contributed by atoms with Gasteiger partial charge in [0.15, 0.2) is 0 Å². The summed E-state index contributed by atoms with van der Waals surface area (Å²) in [7, 11) is 0. The highest BCUT2D eigenvalue weighted by Crippen LogP contribution is 2.28. The Kier molecular flexibility index (Phi) is 3.93. The molecule has 2 rings (SSSR count). The Hall–Kier alpha value is -1.36. The topological polar surface area (TPSA) is 67.0 Å². The Morgan fingerprint density at radius 3 is 3.19 bits per heavy atom. The predicted molar refractivity (Wildman–Crippen MR) is 61.5 cm³/mol. The third kappa shape index (κ3) is 4.02. The average molecular weight is 223 g/mol. The molecule has 5 heteroatoms. The van der Waals surface area contributed by atoms with E-state index >= 15 is 0 Å². The number of aromatic amines is 1. The zero-order valence-corrected chi connectivity index (χ0v) is 9.24. The summed E-state index contributed by atoms with van der Waals surface area (Å²) >= 11 is 0. The first-order valence-electron chi connectivity index (χ1n) is 5.71. The largest absolute Gasteiger partial charge is 0.383 e. The van der Waals surface area contributed by atoms with Crippen LogP contribution in [0.1, 0.15) is 19.3 Å². The van der Waals surface area contributed by atoms with Crippen LogP contribution in [0.5, 0.6) is 0 Å². The van der Waals surface area contributed by atoms with E-state index < -0.39 is 0 Å². The molecule has 5 nitrogen and oxygen atoms in total. The van der Waals surface area contributed by atoms with E-state index in [0.717, 1.165) is 37.8 Å². The van der Waals surface area contributed by atoms with Crippen LogP contribution in [0.4, 0.5) is 5.69 Å². The fraction of sp³-hybridized carbons (Fsp3) is 0.636. The van der Waals surface area contributed by atoms with Crippen molar-refractivity contribution in [1.29, 1.82) is 0 Å². The minimum absolute atomic E-state index is 0.185. The first kappa shape index (κ1) is 11.1. The van der Waals surface area contributed by atoms with E-state index in [-0.39, 0.29) is 5.56 Å². The summed E-state index contributed by atoms with van der Waals surface area (Å²) in [5, 5.41) is 9.16. The Morgan fingerprint density at radius 2 is 2.44 bits per heavy atom. The van der Waals surface area contributed by atoms with Crippen molar-refractivity contribution in [2.45, 2.75) is 19.3 Å². The molecule has 0 unspecified atom stereocenters. The fourth-order valence-electron chi connectivity index (χ4n) is 1.41. The SMILES string of the molecule is O=c1cc(NCCCOCC2CC2)cn[nH]1. The standard InChI is InChI=1S/C11H17N3O2/c15-11-6-10(7-13-14-11)12-4-1-5-16-8-9-2-3-9/h6-7,9H,1-5,8H2,(H2,12,14,15). The van der Waals surface area contributed by atoms with Gasteiger partial charge in [0.1, 0.15) is 0 Å². The molecule has 0 saturated heterocycles. The zero-order valence-electron chi connectivity index (χ0n) is 9.24. The lowest BCUT2D eigenvalue weighted by atomic mass is 10.4. The summed E-state index contributed by atoms with van der Waals surface area (Å²) < 4.78 is 5.50. The van der Waals surface area contributed by atoms with Crippen LogP contribution in [0.25, 0.3) is 0 Å². The lowest BCUT2D eigenvalue weighted by Gasteiger charge is -2.05. The van der Waals surface area contributed by atoms with Crippen LogP contribution in [0.2, 0.25) is 0 Å². The molecule has 1 aromatic heterocycles. The van der Waals surface area contributed by atoms with Gasteiger partial charge in [-0.15, -0.1) is 0 Å². The molecule has 0 radical (unpaired) electrons. The van der Waals surface area contributed by atoms with Crippen LogP contribution in [0, 0.1) is 5.92 Å². The van der Waals surface area contributed by atoms with E-state index in [9.17, 15) is 4.79 Å². The van der Waals surface area contributed by atoms with E-state index in [0.29, 0.717) is 0 Å². The monoisotopic (exact) mass is 223 g/mol. The van der Waals surface area contributed by atoms with E-state index in [2.05, 4.69) is 15.5 Å². The number of ether oxygens (including phenoxy) is 1. The third-order valence-electron chi connectivity index (χ3n) is 2.51.